The Morgan fingerprint density at radius 2 is 2.00 bits per heavy atom. The predicted molar refractivity (Wildman–Crippen MR) is 112 cm³/mol. The highest BCUT2D eigenvalue weighted by Gasteiger charge is 2.35. The molecular weight excluding hydrogens is 386 g/mol. The van der Waals surface area contributed by atoms with E-state index >= 15 is 0 Å². The van der Waals surface area contributed by atoms with Crippen LogP contribution in [0.2, 0.25) is 0 Å². The number of benzene rings is 1. The number of piperidine rings is 1. The monoisotopic (exact) mass is 413 g/mol. The Bertz CT molecular complexity index is 885. The van der Waals surface area contributed by atoms with Crippen molar-refractivity contribution in [3.8, 4) is 5.75 Å². The molecular formula is C22H27N3O3S. The molecule has 1 N–H and O–H groups in total. The number of ether oxygens (including phenoxy) is 1. The van der Waals surface area contributed by atoms with Gasteiger partial charge in [-0.15, -0.1) is 11.3 Å². The number of rotatable bonds is 6. The van der Waals surface area contributed by atoms with E-state index in [1.807, 2.05) is 36.3 Å². The number of thiazole rings is 1. The number of carbonyl (C=O) groups excluding carboxylic acids is 2. The van der Waals surface area contributed by atoms with Crippen LogP contribution in [0.5, 0.6) is 5.75 Å². The van der Waals surface area contributed by atoms with Crippen LogP contribution in [-0.2, 0) is 4.79 Å². The second kappa shape index (κ2) is 8.53. The highest BCUT2D eigenvalue weighted by atomic mass is 32.1. The second-order valence-electron chi connectivity index (χ2n) is 7.93. The Labute approximate surface area is 175 Å². The average Bonchev–Trinajstić information content (AvgIpc) is 3.48. The Balaban J connectivity index is 1.31. The molecule has 1 aliphatic heterocycles. The second-order valence-corrected chi connectivity index (χ2v) is 8.99. The molecule has 2 aliphatic rings. The van der Waals surface area contributed by atoms with Gasteiger partial charge in [0.2, 0.25) is 5.91 Å². The van der Waals surface area contributed by atoms with Gasteiger partial charge in [-0.1, -0.05) is 6.07 Å². The first-order valence-electron chi connectivity index (χ1n) is 10.3. The summed E-state index contributed by atoms with van der Waals surface area (Å²) >= 11 is 1.58. The lowest BCUT2D eigenvalue weighted by atomic mass is 10.1. The van der Waals surface area contributed by atoms with Gasteiger partial charge in [0.15, 0.2) is 0 Å². The fraction of sp³-hybridized carbons (Fsp3) is 0.500. The van der Waals surface area contributed by atoms with Crippen LogP contribution in [0, 0.1) is 12.8 Å². The zero-order valence-corrected chi connectivity index (χ0v) is 17.7. The first-order valence-corrected chi connectivity index (χ1v) is 11.2. The zero-order chi connectivity index (χ0) is 20.4. The van der Waals surface area contributed by atoms with Crippen molar-refractivity contribution < 1.29 is 14.3 Å². The topological polar surface area (TPSA) is 71.5 Å². The molecule has 29 heavy (non-hydrogen) atoms. The minimum Gasteiger partial charge on any atom is -0.490 e. The standard InChI is InChI=1S/C22H27N3O3S/c1-14(20-13-29-15(2)24-20)23-21(26)17-4-3-5-19(12-17)28-18-8-10-25(11-9-18)22(27)16-6-7-16/h3-5,12-14,16,18H,6-11H2,1-2H3,(H,23,26)/t14-/m1/s1. The van der Waals surface area contributed by atoms with Crippen molar-refractivity contribution in [1.82, 2.24) is 15.2 Å². The van der Waals surface area contributed by atoms with Gasteiger partial charge >= 0.3 is 0 Å². The van der Waals surface area contributed by atoms with Crippen LogP contribution in [0.1, 0.15) is 59.7 Å². The van der Waals surface area contributed by atoms with E-state index in [9.17, 15) is 9.59 Å². The maximum absolute atomic E-state index is 12.6. The molecule has 6 nitrogen and oxygen atoms in total. The van der Waals surface area contributed by atoms with Crippen molar-refractivity contribution in [3.05, 3.63) is 45.9 Å². The Kier molecular flexibility index (Phi) is 5.85. The zero-order valence-electron chi connectivity index (χ0n) is 16.9. The number of aromatic nitrogens is 1. The van der Waals surface area contributed by atoms with Crippen molar-refractivity contribution in [2.24, 2.45) is 5.92 Å². The molecule has 1 aromatic heterocycles. The summed E-state index contributed by atoms with van der Waals surface area (Å²) in [7, 11) is 0. The van der Waals surface area contributed by atoms with Gasteiger partial charge in [0.1, 0.15) is 11.9 Å². The van der Waals surface area contributed by atoms with Crippen LogP contribution in [0.25, 0.3) is 0 Å². The summed E-state index contributed by atoms with van der Waals surface area (Å²) in [6.07, 6.45) is 3.83. The smallest absolute Gasteiger partial charge is 0.251 e. The van der Waals surface area contributed by atoms with Gasteiger partial charge in [-0.3, -0.25) is 9.59 Å². The SMILES string of the molecule is Cc1nc([C@@H](C)NC(=O)c2cccc(OC3CCN(C(=O)C4CC4)CC3)c2)cs1. The first kappa shape index (κ1) is 19.9. The molecule has 7 heteroatoms. The van der Waals surface area contributed by atoms with E-state index in [0.29, 0.717) is 17.2 Å². The van der Waals surface area contributed by atoms with Crippen LogP contribution in [0.15, 0.2) is 29.6 Å². The van der Waals surface area contributed by atoms with E-state index < -0.39 is 0 Å². The minimum atomic E-state index is -0.148. The van der Waals surface area contributed by atoms with Gasteiger partial charge in [0.25, 0.3) is 5.91 Å². The molecule has 1 aliphatic carbocycles. The highest BCUT2D eigenvalue weighted by Crippen LogP contribution is 2.32. The summed E-state index contributed by atoms with van der Waals surface area (Å²) in [5.41, 5.74) is 1.45. The first-order chi connectivity index (χ1) is 14.0. The van der Waals surface area contributed by atoms with Crippen LogP contribution in [-0.4, -0.2) is 40.9 Å². The lowest BCUT2D eigenvalue weighted by molar-refractivity contribution is -0.134. The van der Waals surface area contributed by atoms with E-state index in [4.69, 9.17) is 4.74 Å². The van der Waals surface area contributed by atoms with Crippen molar-refractivity contribution >= 4 is 23.2 Å². The highest BCUT2D eigenvalue weighted by molar-refractivity contribution is 7.09. The molecule has 1 saturated heterocycles. The molecule has 0 bridgehead atoms. The predicted octanol–water partition coefficient (Wildman–Crippen LogP) is 3.72. The number of carbonyl (C=O) groups is 2. The molecule has 2 heterocycles. The molecule has 2 fully saturated rings. The summed E-state index contributed by atoms with van der Waals surface area (Å²) in [5, 5.41) is 5.96. The average molecular weight is 414 g/mol. The Morgan fingerprint density at radius 3 is 2.66 bits per heavy atom. The van der Waals surface area contributed by atoms with Crippen molar-refractivity contribution in [1.29, 1.82) is 0 Å². The number of aryl methyl sites for hydroxylation is 1. The van der Waals surface area contributed by atoms with Crippen LogP contribution in [0.4, 0.5) is 0 Å². The Hall–Kier alpha value is -2.41. The fourth-order valence-corrected chi connectivity index (χ4v) is 4.32. The van der Waals surface area contributed by atoms with Gasteiger partial charge in [-0.05, 0) is 44.9 Å². The van der Waals surface area contributed by atoms with E-state index in [2.05, 4.69) is 10.3 Å². The van der Waals surface area contributed by atoms with Crippen molar-refractivity contribution in [2.75, 3.05) is 13.1 Å². The van der Waals surface area contributed by atoms with Gasteiger partial charge in [-0.25, -0.2) is 4.98 Å². The van der Waals surface area contributed by atoms with Gasteiger partial charge in [-0.2, -0.15) is 0 Å². The molecule has 0 radical (unpaired) electrons. The van der Waals surface area contributed by atoms with Crippen LogP contribution in [0.3, 0.4) is 0 Å². The molecule has 154 valence electrons. The fourth-order valence-electron chi connectivity index (χ4n) is 3.62. The van der Waals surface area contributed by atoms with Crippen LogP contribution >= 0.6 is 11.3 Å². The van der Waals surface area contributed by atoms with Gasteiger partial charge < -0.3 is 15.0 Å². The third-order valence-corrected chi connectivity index (χ3v) is 6.30. The number of hydrogen-bond donors (Lipinski definition) is 1. The third kappa shape index (κ3) is 4.96. The number of likely N-dealkylation sites (tertiary alicyclic amines) is 1. The normalized spacial score (nSPS) is 18.3. The maximum atomic E-state index is 12.6. The third-order valence-electron chi connectivity index (χ3n) is 5.51. The van der Waals surface area contributed by atoms with E-state index in [-0.39, 0.29) is 24.0 Å². The van der Waals surface area contributed by atoms with E-state index in [1.54, 1.807) is 23.5 Å². The molecule has 0 unspecified atom stereocenters. The number of nitrogens with zero attached hydrogens (tertiary/aromatic N) is 2. The molecule has 0 spiro atoms. The van der Waals surface area contributed by atoms with Gasteiger partial charge in [0, 0.05) is 42.8 Å². The summed E-state index contributed by atoms with van der Waals surface area (Å²) in [6, 6.07) is 7.15. The van der Waals surface area contributed by atoms with Crippen molar-refractivity contribution in [3.63, 3.8) is 0 Å². The van der Waals surface area contributed by atoms with Crippen LogP contribution < -0.4 is 10.1 Å². The Morgan fingerprint density at radius 1 is 1.24 bits per heavy atom. The summed E-state index contributed by atoms with van der Waals surface area (Å²) < 4.78 is 6.11. The lowest BCUT2D eigenvalue weighted by Crippen LogP contribution is -2.42. The minimum absolute atomic E-state index is 0.0773. The number of hydrogen-bond acceptors (Lipinski definition) is 5. The molecule has 4 rings (SSSR count). The summed E-state index contributed by atoms with van der Waals surface area (Å²) in [6.45, 7) is 5.40. The maximum Gasteiger partial charge on any atom is 0.251 e. The molecule has 1 aromatic carbocycles. The molecule has 1 atom stereocenters. The quantitative estimate of drug-likeness (QED) is 0.783. The largest absolute Gasteiger partial charge is 0.490 e. The number of amides is 2. The molecule has 2 aromatic rings. The molecule has 1 saturated carbocycles. The van der Waals surface area contributed by atoms with E-state index in [0.717, 1.165) is 49.5 Å². The summed E-state index contributed by atoms with van der Waals surface area (Å²) in [4.78, 5) is 31.2. The lowest BCUT2D eigenvalue weighted by Gasteiger charge is -2.32. The van der Waals surface area contributed by atoms with E-state index in [1.165, 1.54) is 0 Å². The summed E-state index contributed by atoms with van der Waals surface area (Å²) in [5.74, 6) is 1.14. The number of nitrogens with one attached hydrogen (secondary N) is 1. The van der Waals surface area contributed by atoms with Gasteiger partial charge in [0.05, 0.1) is 16.7 Å². The molecule has 2 amide bonds. The van der Waals surface area contributed by atoms with Crippen molar-refractivity contribution in [2.45, 2.75) is 51.7 Å².